The van der Waals surface area contributed by atoms with Gasteiger partial charge in [0, 0.05) is 20.0 Å². The van der Waals surface area contributed by atoms with Gasteiger partial charge in [0.1, 0.15) is 5.82 Å². The largest absolute Gasteiger partial charge is 0.337 e. The van der Waals surface area contributed by atoms with Gasteiger partial charge in [-0.25, -0.2) is 0 Å². The van der Waals surface area contributed by atoms with E-state index in [1.165, 1.54) is 0 Å². The van der Waals surface area contributed by atoms with Crippen molar-refractivity contribution in [2.24, 2.45) is 0 Å². The molecule has 2 rings (SSSR count). The first-order valence-corrected chi connectivity index (χ1v) is 6.01. The molecule has 1 N–H and O–H groups in total. The average molecular weight is 247 g/mol. The molecule has 1 aliphatic rings. The van der Waals surface area contributed by atoms with Gasteiger partial charge >= 0.3 is 0 Å². The summed E-state index contributed by atoms with van der Waals surface area (Å²) in [5.41, 5.74) is 0. The van der Waals surface area contributed by atoms with Gasteiger partial charge in [-0.15, -0.1) is 16.6 Å². The first-order chi connectivity index (χ1) is 8.72. The molecule has 18 heavy (non-hydrogen) atoms. The van der Waals surface area contributed by atoms with E-state index in [-0.39, 0.29) is 12.5 Å². The van der Waals surface area contributed by atoms with Crippen molar-refractivity contribution < 1.29 is 4.79 Å². The lowest BCUT2D eigenvalue weighted by Gasteiger charge is -2.16. The van der Waals surface area contributed by atoms with Crippen molar-refractivity contribution in [2.45, 2.75) is 25.9 Å². The van der Waals surface area contributed by atoms with Crippen molar-refractivity contribution in [3.8, 4) is 12.3 Å². The smallest absolute Gasteiger partial charge is 0.236 e. The van der Waals surface area contributed by atoms with E-state index in [1.807, 2.05) is 0 Å². The molecule has 1 aromatic heterocycles. The zero-order chi connectivity index (χ0) is 13.0. The highest BCUT2D eigenvalue weighted by atomic mass is 16.2. The van der Waals surface area contributed by atoms with Gasteiger partial charge in [-0.1, -0.05) is 5.92 Å². The third-order valence-corrected chi connectivity index (χ3v) is 2.99. The van der Waals surface area contributed by atoms with Gasteiger partial charge in [0.2, 0.25) is 5.91 Å². The highest BCUT2D eigenvalue weighted by molar-refractivity contribution is 5.77. The van der Waals surface area contributed by atoms with Crippen molar-refractivity contribution in [1.82, 2.24) is 25.0 Å². The summed E-state index contributed by atoms with van der Waals surface area (Å²) in [6, 6.07) is 0. The third kappa shape index (κ3) is 2.68. The summed E-state index contributed by atoms with van der Waals surface area (Å²) in [6.07, 6.45) is 7.19. The summed E-state index contributed by atoms with van der Waals surface area (Å²) in [5.74, 6) is 4.31. The first kappa shape index (κ1) is 12.6. The van der Waals surface area contributed by atoms with Crippen LogP contribution in [0.3, 0.4) is 0 Å². The number of aromatic nitrogens is 3. The number of amides is 1. The maximum Gasteiger partial charge on any atom is 0.236 e. The number of nitrogens with one attached hydrogen (secondary N) is 1. The number of likely N-dealkylation sites (N-methyl/N-ethyl adjacent to an activating group) is 1. The molecule has 0 spiro atoms. The predicted octanol–water partition coefficient (Wildman–Crippen LogP) is -0.595. The van der Waals surface area contributed by atoms with E-state index in [0.29, 0.717) is 13.1 Å². The van der Waals surface area contributed by atoms with Crippen LogP contribution in [-0.4, -0.2) is 45.7 Å². The average Bonchev–Trinajstić information content (AvgIpc) is 2.94. The van der Waals surface area contributed by atoms with Crippen LogP contribution >= 0.6 is 0 Å². The zero-order valence-corrected chi connectivity index (χ0v) is 10.5. The summed E-state index contributed by atoms with van der Waals surface area (Å²) < 4.78 is 2.10. The van der Waals surface area contributed by atoms with Crippen LogP contribution in [-0.2, 0) is 24.3 Å². The van der Waals surface area contributed by atoms with Gasteiger partial charge in [0.15, 0.2) is 5.82 Å². The molecule has 0 radical (unpaired) electrons. The maximum atomic E-state index is 11.8. The predicted molar refractivity (Wildman–Crippen MR) is 66.5 cm³/mol. The quantitative estimate of drug-likeness (QED) is 0.558. The summed E-state index contributed by atoms with van der Waals surface area (Å²) in [5, 5.41) is 11.1. The van der Waals surface area contributed by atoms with E-state index < -0.39 is 0 Å². The van der Waals surface area contributed by atoms with Crippen LogP contribution in [0.25, 0.3) is 0 Å². The van der Waals surface area contributed by atoms with Gasteiger partial charge in [0.05, 0.1) is 19.6 Å². The van der Waals surface area contributed by atoms with E-state index in [2.05, 4.69) is 26.0 Å². The van der Waals surface area contributed by atoms with E-state index in [1.54, 1.807) is 11.9 Å². The Balaban J connectivity index is 1.89. The minimum atomic E-state index is 0.000553. The number of terminal acetylenes is 1. The minimum Gasteiger partial charge on any atom is -0.337 e. The normalized spacial score (nSPS) is 13.1. The summed E-state index contributed by atoms with van der Waals surface area (Å²) >= 11 is 0. The molecule has 96 valence electrons. The van der Waals surface area contributed by atoms with Gasteiger partial charge in [0.25, 0.3) is 0 Å². The second kappa shape index (κ2) is 5.65. The van der Waals surface area contributed by atoms with E-state index in [4.69, 9.17) is 6.42 Å². The molecule has 6 heteroatoms. The van der Waals surface area contributed by atoms with Gasteiger partial charge in [-0.2, -0.15) is 0 Å². The van der Waals surface area contributed by atoms with Crippen molar-refractivity contribution in [3.63, 3.8) is 0 Å². The fourth-order valence-electron chi connectivity index (χ4n) is 2.00. The SMILES string of the molecule is C#CCNCC(=O)N(C)Cc1nnc2n1CCC2. The van der Waals surface area contributed by atoms with Crippen LogP contribution < -0.4 is 5.32 Å². The molecule has 1 amide bonds. The van der Waals surface area contributed by atoms with Crippen LogP contribution in [0.1, 0.15) is 18.1 Å². The Kier molecular flexibility index (Phi) is 3.95. The van der Waals surface area contributed by atoms with Crippen molar-refractivity contribution in [2.75, 3.05) is 20.1 Å². The lowest BCUT2D eigenvalue weighted by atomic mass is 10.4. The Morgan fingerprint density at radius 3 is 3.22 bits per heavy atom. The number of carbonyl (C=O) groups is 1. The summed E-state index contributed by atoms with van der Waals surface area (Å²) in [4.78, 5) is 13.4. The molecular weight excluding hydrogens is 230 g/mol. The molecule has 0 unspecified atom stereocenters. The number of fused-ring (bicyclic) bond motifs is 1. The number of aryl methyl sites for hydroxylation is 1. The number of hydrogen-bond donors (Lipinski definition) is 1. The van der Waals surface area contributed by atoms with Gasteiger partial charge in [-0.3, -0.25) is 10.1 Å². The maximum absolute atomic E-state index is 11.8. The van der Waals surface area contributed by atoms with Crippen LogP contribution in [0.5, 0.6) is 0 Å². The van der Waals surface area contributed by atoms with Crippen molar-refractivity contribution in [1.29, 1.82) is 0 Å². The number of rotatable bonds is 5. The van der Waals surface area contributed by atoms with E-state index >= 15 is 0 Å². The minimum absolute atomic E-state index is 0.000553. The van der Waals surface area contributed by atoms with Crippen molar-refractivity contribution >= 4 is 5.91 Å². The lowest BCUT2D eigenvalue weighted by molar-refractivity contribution is -0.129. The zero-order valence-electron chi connectivity index (χ0n) is 10.5. The Morgan fingerprint density at radius 1 is 1.61 bits per heavy atom. The summed E-state index contributed by atoms with van der Waals surface area (Å²) in [6.45, 7) is 2.10. The van der Waals surface area contributed by atoms with Crippen molar-refractivity contribution in [3.05, 3.63) is 11.6 Å². The molecule has 1 aliphatic heterocycles. The second-order valence-corrected chi connectivity index (χ2v) is 4.35. The lowest BCUT2D eigenvalue weighted by Crippen LogP contribution is -2.35. The van der Waals surface area contributed by atoms with Gasteiger partial charge < -0.3 is 9.47 Å². The van der Waals surface area contributed by atoms with E-state index in [9.17, 15) is 4.79 Å². The molecule has 0 atom stereocenters. The molecule has 6 nitrogen and oxygen atoms in total. The van der Waals surface area contributed by atoms with Crippen LogP contribution in [0.2, 0.25) is 0 Å². The molecule has 0 aromatic carbocycles. The fraction of sp³-hybridized carbons (Fsp3) is 0.583. The fourth-order valence-corrected chi connectivity index (χ4v) is 2.00. The highest BCUT2D eigenvalue weighted by Crippen LogP contribution is 2.14. The number of nitrogens with zero attached hydrogens (tertiary/aromatic N) is 4. The topological polar surface area (TPSA) is 63.1 Å². The molecule has 0 saturated heterocycles. The Morgan fingerprint density at radius 2 is 2.44 bits per heavy atom. The molecule has 0 fully saturated rings. The van der Waals surface area contributed by atoms with Gasteiger partial charge in [-0.05, 0) is 6.42 Å². The molecule has 2 heterocycles. The Hall–Kier alpha value is -1.87. The number of hydrogen-bond acceptors (Lipinski definition) is 4. The number of carbonyl (C=O) groups excluding carboxylic acids is 1. The Labute approximate surface area is 106 Å². The van der Waals surface area contributed by atoms with Crippen LogP contribution in [0.4, 0.5) is 0 Å². The standard InChI is InChI=1S/C12H17N5O/c1-3-6-13-8-12(18)16(2)9-11-15-14-10-5-4-7-17(10)11/h1,13H,4-9H2,2H3. The van der Waals surface area contributed by atoms with Crippen LogP contribution in [0, 0.1) is 12.3 Å². The highest BCUT2D eigenvalue weighted by Gasteiger charge is 2.19. The monoisotopic (exact) mass is 247 g/mol. The first-order valence-electron chi connectivity index (χ1n) is 6.01. The molecule has 0 bridgehead atoms. The van der Waals surface area contributed by atoms with Crippen LogP contribution in [0.15, 0.2) is 0 Å². The molecule has 0 saturated carbocycles. The summed E-state index contributed by atoms with van der Waals surface area (Å²) in [7, 11) is 1.76. The van der Waals surface area contributed by atoms with E-state index in [0.717, 1.165) is 31.0 Å². The Bertz CT molecular complexity index is 473. The molecular formula is C12H17N5O. The molecule has 1 aromatic rings. The molecule has 0 aliphatic carbocycles. The third-order valence-electron chi connectivity index (χ3n) is 2.99. The second-order valence-electron chi connectivity index (χ2n) is 4.35.